The molecule has 0 aliphatic carbocycles. The maximum absolute atomic E-state index is 12.5. The van der Waals surface area contributed by atoms with E-state index in [0.717, 1.165) is 48.6 Å². The molecule has 1 aliphatic rings. The Morgan fingerprint density at radius 3 is 2.47 bits per heavy atom. The van der Waals surface area contributed by atoms with Gasteiger partial charge in [0.05, 0.1) is 19.7 Å². The van der Waals surface area contributed by atoms with Gasteiger partial charge in [0, 0.05) is 25.3 Å². The van der Waals surface area contributed by atoms with Gasteiger partial charge in [0.1, 0.15) is 5.82 Å². The summed E-state index contributed by atoms with van der Waals surface area (Å²) in [4.78, 5) is 27.2. The van der Waals surface area contributed by atoms with Gasteiger partial charge in [-0.15, -0.1) is 0 Å². The summed E-state index contributed by atoms with van der Waals surface area (Å²) < 4.78 is 8.35. The summed E-state index contributed by atoms with van der Waals surface area (Å²) >= 11 is 0. The average molecular weight is 416 g/mol. The number of carbonyl (C=O) groups is 1. The first-order valence-corrected chi connectivity index (χ1v) is 10.7. The Balaban J connectivity index is 1.57. The van der Waals surface area contributed by atoms with E-state index in [0.29, 0.717) is 26.2 Å². The van der Waals surface area contributed by atoms with Gasteiger partial charge >= 0.3 is 5.69 Å². The van der Waals surface area contributed by atoms with E-state index in [9.17, 15) is 9.59 Å². The van der Waals surface area contributed by atoms with Gasteiger partial charge in [-0.2, -0.15) is 5.10 Å². The number of ether oxygens (including phenoxy) is 1. The van der Waals surface area contributed by atoms with Crippen molar-refractivity contribution in [1.29, 1.82) is 0 Å². The highest BCUT2D eigenvalue weighted by atomic mass is 16.5. The second kappa shape index (κ2) is 10.0. The molecule has 1 aromatic heterocycles. The molecule has 2 aromatic rings. The lowest BCUT2D eigenvalue weighted by Gasteiger charge is -2.31. The molecular formula is C22H33N5O3. The van der Waals surface area contributed by atoms with Gasteiger partial charge in [0.2, 0.25) is 5.91 Å². The van der Waals surface area contributed by atoms with E-state index in [-0.39, 0.29) is 17.5 Å². The zero-order valence-corrected chi connectivity index (χ0v) is 18.5. The van der Waals surface area contributed by atoms with Crippen LogP contribution in [0, 0.1) is 13.8 Å². The third-order valence-electron chi connectivity index (χ3n) is 5.60. The van der Waals surface area contributed by atoms with Crippen LogP contribution in [0.1, 0.15) is 42.6 Å². The normalized spacial score (nSPS) is 15.5. The SMILES string of the molecule is CCn1c(C2CCN(CC(=O)Nc3cc(C)cc(C)c3)CC2)nn(CCOC)c1=O. The standard InChI is InChI=1S/C22H33N5O3/c1-5-26-21(24-27(22(26)29)10-11-30-4)18-6-8-25(9-7-18)15-20(28)23-19-13-16(2)12-17(3)14-19/h12-14,18H,5-11,15H2,1-4H3,(H,23,28). The van der Waals surface area contributed by atoms with Crippen LogP contribution in [0.25, 0.3) is 0 Å². The number of rotatable bonds is 8. The molecule has 164 valence electrons. The summed E-state index contributed by atoms with van der Waals surface area (Å²) in [6.45, 7) is 9.57. The zero-order chi connectivity index (χ0) is 21.7. The van der Waals surface area contributed by atoms with Gasteiger partial charge in [0.15, 0.2) is 0 Å². The maximum atomic E-state index is 12.5. The second-order valence-electron chi connectivity index (χ2n) is 8.08. The molecule has 1 N–H and O–H groups in total. The van der Waals surface area contributed by atoms with Gasteiger partial charge in [-0.25, -0.2) is 9.48 Å². The first-order valence-electron chi connectivity index (χ1n) is 10.7. The molecule has 1 fully saturated rings. The molecule has 0 atom stereocenters. The summed E-state index contributed by atoms with van der Waals surface area (Å²) in [5.41, 5.74) is 3.05. The Kier molecular flexibility index (Phi) is 7.44. The smallest absolute Gasteiger partial charge is 0.345 e. The summed E-state index contributed by atoms with van der Waals surface area (Å²) in [6.07, 6.45) is 1.77. The fourth-order valence-electron chi connectivity index (χ4n) is 4.18. The highest BCUT2D eigenvalue weighted by Gasteiger charge is 2.27. The molecule has 0 bridgehead atoms. The van der Waals surface area contributed by atoms with Crippen molar-refractivity contribution in [1.82, 2.24) is 19.2 Å². The number of nitrogens with zero attached hydrogens (tertiary/aromatic N) is 4. The Bertz CT molecular complexity index is 905. The molecule has 1 amide bonds. The van der Waals surface area contributed by atoms with Gasteiger partial charge in [-0.1, -0.05) is 6.07 Å². The van der Waals surface area contributed by atoms with Crippen LogP contribution < -0.4 is 11.0 Å². The number of anilines is 1. The Morgan fingerprint density at radius 1 is 1.20 bits per heavy atom. The molecule has 2 heterocycles. The van der Waals surface area contributed by atoms with Crippen LogP contribution in [-0.2, 0) is 22.6 Å². The molecule has 0 radical (unpaired) electrons. The first-order chi connectivity index (χ1) is 14.4. The number of aromatic nitrogens is 3. The van der Waals surface area contributed by atoms with Gasteiger partial charge in [-0.3, -0.25) is 14.3 Å². The van der Waals surface area contributed by atoms with Gasteiger partial charge < -0.3 is 10.1 Å². The number of hydrogen-bond donors (Lipinski definition) is 1. The number of amides is 1. The molecule has 1 aliphatic heterocycles. The van der Waals surface area contributed by atoms with Gasteiger partial charge in [-0.05, 0) is 70.0 Å². The lowest BCUT2D eigenvalue weighted by atomic mass is 9.96. The molecular weight excluding hydrogens is 382 g/mol. The zero-order valence-electron chi connectivity index (χ0n) is 18.5. The van der Waals surface area contributed by atoms with Crippen LogP contribution in [0.3, 0.4) is 0 Å². The lowest BCUT2D eigenvalue weighted by Crippen LogP contribution is -2.39. The van der Waals surface area contributed by atoms with Crippen LogP contribution in [0.5, 0.6) is 0 Å². The minimum Gasteiger partial charge on any atom is -0.383 e. The average Bonchev–Trinajstić information content (AvgIpc) is 3.01. The summed E-state index contributed by atoms with van der Waals surface area (Å²) in [7, 11) is 1.62. The van der Waals surface area contributed by atoms with Crippen LogP contribution in [0.15, 0.2) is 23.0 Å². The van der Waals surface area contributed by atoms with Crippen molar-refractivity contribution in [3.63, 3.8) is 0 Å². The van der Waals surface area contributed by atoms with E-state index in [1.165, 1.54) is 4.68 Å². The number of methoxy groups -OCH3 is 1. The molecule has 0 spiro atoms. The Morgan fingerprint density at radius 2 is 1.87 bits per heavy atom. The molecule has 8 nitrogen and oxygen atoms in total. The number of nitrogens with one attached hydrogen (secondary N) is 1. The van der Waals surface area contributed by atoms with E-state index in [1.807, 2.05) is 32.9 Å². The monoisotopic (exact) mass is 415 g/mol. The van der Waals surface area contributed by atoms with E-state index in [4.69, 9.17) is 4.74 Å². The van der Waals surface area contributed by atoms with Crippen molar-refractivity contribution in [3.8, 4) is 0 Å². The van der Waals surface area contributed by atoms with E-state index >= 15 is 0 Å². The number of piperidine rings is 1. The second-order valence-corrected chi connectivity index (χ2v) is 8.08. The predicted molar refractivity (Wildman–Crippen MR) is 117 cm³/mol. The van der Waals surface area contributed by atoms with E-state index in [1.54, 1.807) is 11.7 Å². The highest BCUT2D eigenvalue weighted by molar-refractivity contribution is 5.92. The van der Waals surface area contributed by atoms with Crippen LogP contribution in [0.4, 0.5) is 5.69 Å². The Labute approximate surface area is 177 Å². The summed E-state index contributed by atoms with van der Waals surface area (Å²) in [5.74, 6) is 1.10. The molecule has 3 rings (SSSR count). The molecule has 1 saturated heterocycles. The Hall–Kier alpha value is -2.45. The lowest BCUT2D eigenvalue weighted by molar-refractivity contribution is -0.117. The number of likely N-dealkylation sites (tertiary alicyclic amines) is 1. The number of carbonyl (C=O) groups excluding carboxylic acids is 1. The van der Waals surface area contributed by atoms with Crippen LogP contribution in [0.2, 0.25) is 0 Å². The fourth-order valence-corrected chi connectivity index (χ4v) is 4.18. The predicted octanol–water partition coefficient (Wildman–Crippen LogP) is 2.15. The number of benzene rings is 1. The molecule has 1 aromatic carbocycles. The number of hydrogen-bond acceptors (Lipinski definition) is 5. The van der Waals surface area contributed by atoms with Gasteiger partial charge in [0.25, 0.3) is 0 Å². The third kappa shape index (κ3) is 5.37. The van der Waals surface area contributed by atoms with Crippen molar-refractivity contribution in [3.05, 3.63) is 45.6 Å². The fraction of sp³-hybridized carbons (Fsp3) is 0.591. The molecule has 0 unspecified atom stereocenters. The molecule has 30 heavy (non-hydrogen) atoms. The van der Waals surface area contributed by atoms with Crippen molar-refractivity contribution >= 4 is 11.6 Å². The van der Waals surface area contributed by atoms with Crippen LogP contribution >= 0.6 is 0 Å². The maximum Gasteiger partial charge on any atom is 0.345 e. The van der Waals surface area contributed by atoms with Crippen molar-refractivity contribution < 1.29 is 9.53 Å². The van der Waals surface area contributed by atoms with Crippen molar-refractivity contribution in [2.45, 2.75) is 52.6 Å². The number of aryl methyl sites for hydroxylation is 2. The van der Waals surface area contributed by atoms with Crippen molar-refractivity contribution in [2.75, 3.05) is 38.7 Å². The molecule has 0 saturated carbocycles. The molecule has 8 heteroatoms. The highest BCUT2D eigenvalue weighted by Crippen LogP contribution is 2.26. The first kappa shape index (κ1) is 22.2. The van der Waals surface area contributed by atoms with Crippen LogP contribution in [-0.4, -0.2) is 58.5 Å². The van der Waals surface area contributed by atoms with E-state index in [2.05, 4.69) is 21.4 Å². The van der Waals surface area contributed by atoms with Crippen molar-refractivity contribution in [2.24, 2.45) is 0 Å². The van der Waals surface area contributed by atoms with E-state index < -0.39 is 0 Å². The summed E-state index contributed by atoms with van der Waals surface area (Å²) in [5, 5.41) is 7.60. The topological polar surface area (TPSA) is 81.4 Å². The largest absolute Gasteiger partial charge is 0.383 e. The minimum absolute atomic E-state index is 0.00719. The summed E-state index contributed by atoms with van der Waals surface area (Å²) in [6, 6.07) is 6.06. The third-order valence-corrected chi connectivity index (χ3v) is 5.60. The quantitative estimate of drug-likeness (QED) is 0.714. The minimum atomic E-state index is -0.0696.